The van der Waals surface area contributed by atoms with Crippen LogP contribution in [0, 0.1) is 0 Å². The summed E-state index contributed by atoms with van der Waals surface area (Å²) < 4.78 is 24.3. The molecule has 1 saturated heterocycles. The van der Waals surface area contributed by atoms with E-state index in [4.69, 9.17) is 18.9 Å². The van der Waals surface area contributed by atoms with Crippen molar-refractivity contribution < 1.29 is 52.5 Å². The number of nitrogens with zero attached hydrogens (tertiary/aromatic N) is 4. The van der Waals surface area contributed by atoms with E-state index in [0.29, 0.717) is 51.9 Å². The Labute approximate surface area is 734 Å². The molecule has 0 aromatic rings. The van der Waals surface area contributed by atoms with Gasteiger partial charge in [-0.1, -0.05) is 325 Å². The summed E-state index contributed by atoms with van der Waals surface area (Å²) in [6.07, 6.45) is 76.2. The Morgan fingerprint density at radius 2 is 0.487 bits per heavy atom. The zero-order chi connectivity index (χ0) is 86.6. The first-order chi connectivity index (χ1) is 58.2. The third kappa shape index (κ3) is 74.2. The number of likely N-dealkylation sites (tertiary alicyclic amines) is 1. The first kappa shape index (κ1) is 113. The van der Waals surface area contributed by atoms with Gasteiger partial charge in [-0.2, -0.15) is 0 Å². The van der Waals surface area contributed by atoms with Gasteiger partial charge in [0.25, 0.3) is 0 Å². The van der Waals surface area contributed by atoms with Crippen molar-refractivity contribution in [2.24, 2.45) is 0 Å². The van der Waals surface area contributed by atoms with E-state index in [9.17, 15) is 33.6 Å². The maximum absolute atomic E-state index is 14.1. The van der Waals surface area contributed by atoms with Crippen molar-refractivity contribution in [3.63, 3.8) is 0 Å². The molecule has 1 aliphatic heterocycles. The third-order valence-corrected chi connectivity index (χ3v) is 24.9. The van der Waals surface area contributed by atoms with Crippen molar-refractivity contribution in [2.45, 2.75) is 529 Å². The first-order valence-electron chi connectivity index (χ1n) is 52.0. The second-order valence-electron chi connectivity index (χ2n) is 36.3. The average Bonchev–Trinajstić information content (AvgIpc) is 1.87. The second-order valence-corrected chi connectivity index (χ2v) is 36.3. The van der Waals surface area contributed by atoms with E-state index in [2.05, 4.69) is 80.7 Å². The van der Waals surface area contributed by atoms with Gasteiger partial charge in [-0.15, -0.1) is 0 Å². The number of nitrogens with one attached hydrogen (secondary N) is 2. The molecule has 1 aliphatic rings. The van der Waals surface area contributed by atoms with Crippen LogP contribution >= 0.6 is 0 Å². The number of hydrogen-bond acceptors (Lipinski definition) is 14. The maximum atomic E-state index is 14.1. The number of amides is 3. The van der Waals surface area contributed by atoms with Gasteiger partial charge in [0, 0.05) is 51.9 Å². The fraction of sp³-hybridized carbons (Fsp3) is 0.931. The van der Waals surface area contributed by atoms with Crippen LogP contribution in [0.5, 0.6) is 0 Å². The summed E-state index contributed by atoms with van der Waals surface area (Å²) in [4.78, 5) is 103. The molecule has 2 N–H and O–H groups in total. The summed E-state index contributed by atoms with van der Waals surface area (Å²) in [5, 5.41) is 6.27. The van der Waals surface area contributed by atoms with Gasteiger partial charge in [0.05, 0.1) is 6.54 Å². The Kier molecular flexibility index (Phi) is 82.1. The molecule has 3 amide bonds. The lowest BCUT2D eigenvalue weighted by molar-refractivity contribution is -0.151. The highest BCUT2D eigenvalue weighted by atomic mass is 16.6. The van der Waals surface area contributed by atoms with Crippen LogP contribution in [0.4, 0.5) is 0 Å². The normalized spacial score (nSPS) is 13.0. The van der Waals surface area contributed by atoms with Gasteiger partial charge in [-0.3, -0.25) is 38.5 Å². The molecule has 119 heavy (non-hydrogen) atoms. The number of carbonyl (C=O) groups is 7. The van der Waals surface area contributed by atoms with Gasteiger partial charge in [-0.25, -0.2) is 0 Å². The molecule has 0 aliphatic carbocycles. The second kappa shape index (κ2) is 86.3. The molecular weight excluding hydrogens is 1490 g/mol. The number of rotatable bonds is 92. The molecule has 0 saturated carbocycles. The first-order valence-corrected chi connectivity index (χ1v) is 52.0. The van der Waals surface area contributed by atoms with E-state index < -0.39 is 0 Å². The third-order valence-electron chi connectivity index (χ3n) is 24.9. The van der Waals surface area contributed by atoms with Crippen LogP contribution in [0.15, 0.2) is 0 Å². The van der Waals surface area contributed by atoms with Gasteiger partial charge in [0.15, 0.2) is 0 Å². The summed E-state index contributed by atoms with van der Waals surface area (Å²) in [5.41, 5.74) is 0. The molecule has 0 aromatic carbocycles. The van der Waals surface area contributed by atoms with Crippen molar-refractivity contribution >= 4 is 41.6 Å². The highest BCUT2D eigenvalue weighted by molar-refractivity contribution is 5.90. The fourth-order valence-electron chi connectivity index (χ4n) is 17.0. The van der Waals surface area contributed by atoms with Crippen molar-refractivity contribution in [1.29, 1.82) is 0 Å². The molecule has 1 heterocycles. The van der Waals surface area contributed by atoms with Crippen molar-refractivity contribution in [1.82, 2.24) is 30.2 Å². The summed E-state index contributed by atoms with van der Waals surface area (Å²) in [6.45, 7) is 24.6. The van der Waals surface area contributed by atoms with E-state index in [1.807, 2.05) is 0 Å². The lowest BCUT2D eigenvalue weighted by Crippen LogP contribution is -2.50. The minimum absolute atomic E-state index is 0.0122. The molecule has 0 radical (unpaired) electrons. The van der Waals surface area contributed by atoms with E-state index in [1.165, 1.54) is 223 Å². The van der Waals surface area contributed by atoms with Crippen LogP contribution in [-0.2, 0) is 52.5 Å². The van der Waals surface area contributed by atoms with Gasteiger partial charge in [0.2, 0.25) is 17.7 Å². The zero-order valence-corrected chi connectivity index (χ0v) is 79.8. The summed E-state index contributed by atoms with van der Waals surface area (Å²) >= 11 is 0. The van der Waals surface area contributed by atoms with E-state index in [1.54, 1.807) is 0 Å². The molecule has 700 valence electrons. The predicted molar refractivity (Wildman–Crippen MR) is 500 cm³/mol. The zero-order valence-electron chi connectivity index (χ0n) is 79.8. The molecule has 0 bridgehead atoms. The molecule has 1 fully saturated rings. The van der Waals surface area contributed by atoms with Crippen LogP contribution < -0.4 is 10.6 Å². The van der Waals surface area contributed by atoms with Crippen LogP contribution in [0.3, 0.4) is 0 Å². The number of carbonyl (C=O) groups excluding carboxylic acids is 7. The smallest absolute Gasteiger partial charge is 0.306 e. The van der Waals surface area contributed by atoms with Crippen molar-refractivity contribution in [3.05, 3.63) is 0 Å². The highest BCUT2D eigenvalue weighted by Crippen LogP contribution is 2.24. The minimum atomic E-state index is -0.289. The molecule has 2 unspecified atom stereocenters. The SMILES string of the molecule is CCCCCCCCCCC(CC)OC(=O)CCCCCN(CCCCCCCC(=O)OC(CCCCCCCC)CCCCCCCC)CCNC(=O)CN(CC(=O)NCCN(CCCCCCCC(=O)OC(CCCCCCCC)CCCCCCCC)CCCCCC(=O)OC(CC)CCCCCCCCCC)C(=O)CN1CCCC1. The Morgan fingerprint density at radius 3 is 0.748 bits per heavy atom. The molecule has 0 spiro atoms. The lowest BCUT2D eigenvalue weighted by atomic mass is 10.0. The predicted octanol–water partition coefficient (Wildman–Crippen LogP) is 26.1. The molecular formula is C102H196N6O11. The Bertz CT molecular complexity index is 2140. The number of hydrogen-bond donors (Lipinski definition) is 2. The standard InChI is InChI=1S/C102H196N6O11/c1-9-17-23-29-35-37-45-53-69-92(15-7)116-99(112)77-61-51-65-83-105(81-63-49-39-47-59-75-101(114)118-94(71-55-41-31-25-19-11-3)72-56-42-32-26-20-12-4)87-79-103-96(109)89-108(98(111)91-107-85-67-68-86-107)90-97(110)104-80-88-106(84-66-52-62-78-100(113)117-93(16-8)70-54-46-38-36-30-24-18-10-2)82-64-50-40-48-60-76-102(115)119-95(73-57-43-33-27-21-13-5)74-58-44-34-28-22-14-6/h92-95H,9-91H2,1-8H3,(H,103,109)(H,104,110). The van der Waals surface area contributed by atoms with Crippen LogP contribution in [0.2, 0.25) is 0 Å². The molecule has 2 atom stereocenters. The van der Waals surface area contributed by atoms with Gasteiger partial charge >= 0.3 is 23.9 Å². The number of ether oxygens (including phenoxy) is 4. The molecule has 17 heteroatoms. The van der Waals surface area contributed by atoms with E-state index in [-0.39, 0.29) is 85.6 Å². The number of unbranched alkanes of at least 4 members (excludes halogenated alkanes) is 46. The Balaban J connectivity index is 3.09. The highest BCUT2D eigenvalue weighted by Gasteiger charge is 2.25. The molecule has 0 aromatic heterocycles. The quantitative estimate of drug-likeness (QED) is 0.0332. The van der Waals surface area contributed by atoms with Crippen molar-refractivity contribution in [3.8, 4) is 0 Å². The maximum Gasteiger partial charge on any atom is 0.306 e. The lowest BCUT2D eigenvalue weighted by Gasteiger charge is -2.26. The van der Waals surface area contributed by atoms with Gasteiger partial charge in [0.1, 0.15) is 37.5 Å². The number of esters is 4. The van der Waals surface area contributed by atoms with Gasteiger partial charge < -0.3 is 44.3 Å². The minimum Gasteiger partial charge on any atom is -0.462 e. The van der Waals surface area contributed by atoms with E-state index in [0.717, 1.165) is 245 Å². The largest absolute Gasteiger partial charge is 0.462 e. The summed E-state index contributed by atoms with van der Waals surface area (Å²) in [5.74, 6) is -1.08. The van der Waals surface area contributed by atoms with Gasteiger partial charge in [-0.05, 0) is 193 Å². The van der Waals surface area contributed by atoms with Crippen LogP contribution in [-0.4, -0.2) is 171 Å². The van der Waals surface area contributed by atoms with Crippen LogP contribution in [0.1, 0.15) is 505 Å². The van der Waals surface area contributed by atoms with E-state index >= 15 is 0 Å². The van der Waals surface area contributed by atoms with Crippen LogP contribution in [0.25, 0.3) is 0 Å². The molecule has 1 rings (SSSR count). The molecule has 17 nitrogen and oxygen atoms in total. The Hall–Kier alpha value is -3.83. The summed E-state index contributed by atoms with van der Waals surface area (Å²) in [6, 6.07) is 0. The Morgan fingerprint density at radius 1 is 0.269 bits per heavy atom. The topological polar surface area (TPSA) is 193 Å². The van der Waals surface area contributed by atoms with Crippen molar-refractivity contribution in [2.75, 3.05) is 85.1 Å². The average molecular weight is 1680 g/mol. The monoisotopic (exact) mass is 1680 g/mol. The fourth-order valence-corrected chi connectivity index (χ4v) is 17.0. The summed E-state index contributed by atoms with van der Waals surface area (Å²) in [7, 11) is 0.